The third kappa shape index (κ3) is 1.99. The maximum atomic E-state index is 13.0. The van der Waals surface area contributed by atoms with Crippen molar-refractivity contribution in [3.05, 3.63) is 23.8 Å². The van der Waals surface area contributed by atoms with Crippen molar-refractivity contribution in [3.63, 3.8) is 0 Å². The van der Waals surface area contributed by atoms with Gasteiger partial charge in [0, 0.05) is 31.9 Å². The number of rotatable bonds is 0. The van der Waals surface area contributed by atoms with Crippen LogP contribution in [0.3, 0.4) is 0 Å². The van der Waals surface area contributed by atoms with E-state index in [9.17, 15) is 4.79 Å². The zero-order chi connectivity index (χ0) is 16.2. The van der Waals surface area contributed by atoms with Gasteiger partial charge in [0.2, 0.25) is 0 Å². The van der Waals surface area contributed by atoms with Crippen LogP contribution in [0.4, 0.5) is 0 Å². The number of amides is 1. The molecule has 4 rings (SSSR count). The van der Waals surface area contributed by atoms with Crippen LogP contribution < -0.4 is 15.9 Å². The molecule has 3 heterocycles. The smallest absolute Gasteiger partial charge is 0.261 e. The summed E-state index contributed by atoms with van der Waals surface area (Å²) < 4.78 is 11.8. The molecule has 3 aliphatic heterocycles. The molecule has 2 radical (unpaired) electrons. The summed E-state index contributed by atoms with van der Waals surface area (Å²) in [4.78, 5) is 19.0. The van der Waals surface area contributed by atoms with E-state index in [4.69, 9.17) is 23.1 Å². The van der Waals surface area contributed by atoms with Crippen LogP contribution >= 0.6 is 0 Å². The number of nitrogens with zero attached hydrogens (tertiary/aromatic N) is 2. The number of carbonyl (C=O) groups is 1. The molecule has 1 saturated heterocycles. The van der Waals surface area contributed by atoms with E-state index in [0.717, 1.165) is 12.8 Å². The Morgan fingerprint density at radius 2 is 2.09 bits per heavy atom. The van der Waals surface area contributed by atoms with E-state index in [2.05, 4.69) is 4.99 Å². The maximum Gasteiger partial charge on any atom is 0.261 e. The lowest BCUT2D eigenvalue weighted by molar-refractivity contribution is -0.137. The van der Waals surface area contributed by atoms with Gasteiger partial charge in [-0.25, -0.2) is 4.99 Å². The maximum absolute atomic E-state index is 13.0. The normalized spacial score (nSPS) is 28.7. The van der Waals surface area contributed by atoms with E-state index in [-0.39, 0.29) is 11.9 Å². The first kappa shape index (κ1) is 14.6. The number of hydrogen-bond acceptors (Lipinski definition) is 5. The van der Waals surface area contributed by atoms with Crippen LogP contribution in [0.25, 0.3) is 0 Å². The zero-order valence-corrected chi connectivity index (χ0v) is 13.0. The molecular weight excluding hydrogens is 293 g/mol. The van der Waals surface area contributed by atoms with Gasteiger partial charge in [0.1, 0.15) is 19.2 Å². The fraction of sp³-hybridized carbons (Fsp3) is 0.500. The monoisotopic (exact) mass is 311 g/mol. The first-order chi connectivity index (χ1) is 11.0. The summed E-state index contributed by atoms with van der Waals surface area (Å²) in [5.41, 5.74) is 5.73. The number of nitrogens with two attached hydrogens (primary N) is 1. The quantitative estimate of drug-likeness (QED) is 0.673. The minimum Gasteiger partial charge on any atom is -0.487 e. The van der Waals surface area contributed by atoms with Gasteiger partial charge in [0.25, 0.3) is 5.91 Å². The molecule has 0 aromatic heterocycles. The highest BCUT2D eigenvalue weighted by Gasteiger charge is 2.58. The third-order valence-electron chi connectivity index (χ3n) is 5.07. The van der Waals surface area contributed by atoms with E-state index in [0.29, 0.717) is 36.4 Å². The second-order valence-corrected chi connectivity index (χ2v) is 6.52. The van der Waals surface area contributed by atoms with Gasteiger partial charge in [-0.05, 0) is 6.07 Å². The molecule has 23 heavy (non-hydrogen) atoms. The molecule has 0 saturated carbocycles. The molecule has 7 heteroatoms. The summed E-state index contributed by atoms with van der Waals surface area (Å²) in [5.74, 6) is 0.760. The van der Waals surface area contributed by atoms with Gasteiger partial charge in [-0.15, -0.1) is 0 Å². The van der Waals surface area contributed by atoms with E-state index < -0.39 is 11.1 Å². The van der Waals surface area contributed by atoms with Crippen molar-refractivity contribution in [1.82, 2.24) is 4.90 Å². The Bertz CT molecular complexity index is 715. The fourth-order valence-electron chi connectivity index (χ4n) is 3.80. The highest BCUT2D eigenvalue weighted by molar-refractivity contribution is 6.32. The molecule has 118 valence electrons. The van der Waals surface area contributed by atoms with Crippen molar-refractivity contribution in [2.75, 3.05) is 20.3 Å². The lowest BCUT2D eigenvalue weighted by atomic mass is 9.72. The molecule has 1 aromatic rings. The minimum atomic E-state index is -1.04. The first-order valence-corrected chi connectivity index (χ1v) is 7.76. The lowest BCUT2D eigenvalue weighted by Gasteiger charge is -2.46. The topological polar surface area (TPSA) is 77.2 Å². The van der Waals surface area contributed by atoms with E-state index in [1.165, 1.54) is 4.90 Å². The summed E-state index contributed by atoms with van der Waals surface area (Å²) in [5, 5.41) is 0. The number of benzene rings is 1. The average molecular weight is 311 g/mol. The summed E-state index contributed by atoms with van der Waals surface area (Å²) in [7, 11) is 7.58. The van der Waals surface area contributed by atoms with Crippen molar-refractivity contribution in [3.8, 4) is 5.75 Å². The van der Waals surface area contributed by atoms with E-state index in [1.54, 1.807) is 19.2 Å². The molecule has 1 amide bonds. The van der Waals surface area contributed by atoms with Gasteiger partial charge in [-0.2, -0.15) is 0 Å². The predicted octanol–water partition coefficient (Wildman–Crippen LogP) is -0.206. The number of hydrogen-bond donors (Lipinski definition) is 1. The number of aliphatic imine (C=N–C) groups is 1. The van der Waals surface area contributed by atoms with Crippen LogP contribution in [0.1, 0.15) is 24.8 Å². The van der Waals surface area contributed by atoms with Crippen LogP contribution in [0.5, 0.6) is 5.75 Å². The molecule has 6 nitrogen and oxygen atoms in total. The minimum absolute atomic E-state index is 0.129. The van der Waals surface area contributed by atoms with Crippen molar-refractivity contribution >= 4 is 25.2 Å². The molecule has 0 aliphatic carbocycles. The van der Waals surface area contributed by atoms with Gasteiger partial charge < -0.3 is 15.2 Å². The summed E-state index contributed by atoms with van der Waals surface area (Å²) >= 11 is 0. The number of likely N-dealkylation sites (N-methyl/N-ethyl adjacent to an activating group) is 1. The van der Waals surface area contributed by atoms with Crippen LogP contribution in [0.2, 0.25) is 0 Å². The summed E-state index contributed by atoms with van der Waals surface area (Å²) in [6.07, 6.45) is 1.92. The highest BCUT2D eigenvalue weighted by atomic mass is 16.5. The number of carbonyl (C=O) groups excluding carboxylic acids is 1. The van der Waals surface area contributed by atoms with Crippen molar-refractivity contribution in [1.29, 1.82) is 0 Å². The summed E-state index contributed by atoms with van der Waals surface area (Å²) in [6, 6.07) is 5.37. The Balaban J connectivity index is 1.91. The highest BCUT2D eigenvalue weighted by Crippen LogP contribution is 2.51. The van der Waals surface area contributed by atoms with Gasteiger partial charge in [0.05, 0.1) is 13.2 Å². The Morgan fingerprint density at radius 3 is 2.74 bits per heavy atom. The molecule has 2 spiro atoms. The Hall–Kier alpha value is -2.02. The largest absolute Gasteiger partial charge is 0.487 e. The molecule has 1 unspecified atom stereocenters. The molecular formula is C16H18BN3O3. The van der Waals surface area contributed by atoms with Crippen LogP contribution in [-0.4, -0.2) is 50.5 Å². The van der Waals surface area contributed by atoms with Crippen molar-refractivity contribution in [2.24, 2.45) is 10.7 Å². The van der Waals surface area contributed by atoms with Crippen LogP contribution in [0.15, 0.2) is 23.2 Å². The van der Waals surface area contributed by atoms with Crippen LogP contribution in [0, 0.1) is 0 Å². The Morgan fingerprint density at radius 1 is 1.35 bits per heavy atom. The van der Waals surface area contributed by atoms with Gasteiger partial charge in [-0.3, -0.25) is 9.69 Å². The number of ether oxygens (including phenoxy) is 2. The first-order valence-electron chi connectivity index (χ1n) is 7.76. The van der Waals surface area contributed by atoms with Gasteiger partial charge >= 0.3 is 0 Å². The van der Waals surface area contributed by atoms with Crippen LogP contribution in [-0.2, 0) is 15.1 Å². The number of fused-ring (bicyclic) bond motifs is 2. The van der Waals surface area contributed by atoms with E-state index in [1.807, 2.05) is 6.07 Å². The van der Waals surface area contributed by atoms with Crippen molar-refractivity contribution < 1.29 is 14.3 Å². The fourth-order valence-corrected chi connectivity index (χ4v) is 3.80. The molecule has 0 bridgehead atoms. The standard InChI is InChI=1S/C16H18BN3O3/c1-20-13(21)16(19-14(20)18)9-15(4-6-22-7-5-15)23-12-3-2-10(17)8-11(12)16/h2-3,8H,4-7,9H2,1H3,(H2,18,19). The lowest BCUT2D eigenvalue weighted by Crippen LogP contribution is -2.54. The average Bonchev–Trinajstić information content (AvgIpc) is 2.74. The Labute approximate surface area is 136 Å². The number of guanidine groups is 1. The molecule has 1 fully saturated rings. The van der Waals surface area contributed by atoms with Gasteiger partial charge in [-0.1, -0.05) is 17.6 Å². The SMILES string of the molecule is [B]c1ccc2c(c1)C1(CC3(CCOCC3)O2)N=C(N)N(C)C1=O. The third-order valence-corrected chi connectivity index (χ3v) is 5.07. The second kappa shape index (κ2) is 4.74. The van der Waals surface area contributed by atoms with Crippen molar-refractivity contribution in [2.45, 2.75) is 30.4 Å². The molecule has 3 aliphatic rings. The zero-order valence-electron chi connectivity index (χ0n) is 13.0. The molecule has 1 atom stereocenters. The second-order valence-electron chi connectivity index (χ2n) is 6.52. The van der Waals surface area contributed by atoms with Gasteiger partial charge in [0.15, 0.2) is 11.5 Å². The summed E-state index contributed by atoms with van der Waals surface area (Å²) in [6.45, 7) is 1.23. The Kier molecular flexibility index (Phi) is 3.00. The molecule has 1 aromatic carbocycles. The molecule has 2 N–H and O–H groups in total. The van der Waals surface area contributed by atoms with E-state index >= 15 is 0 Å². The predicted molar refractivity (Wildman–Crippen MR) is 85.9 cm³/mol.